The molecule has 0 unspecified atom stereocenters. The van der Waals surface area contributed by atoms with E-state index >= 15 is 0 Å². The van der Waals surface area contributed by atoms with E-state index in [0.29, 0.717) is 12.3 Å². The molecule has 1 rings (SSSR count). The third-order valence-electron chi connectivity index (χ3n) is 2.93. The predicted octanol–water partition coefficient (Wildman–Crippen LogP) is 2.13. The van der Waals surface area contributed by atoms with Gasteiger partial charge in [0, 0.05) is 12.6 Å². The lowest BCUT2D eigenvalue weighted by atomic mass is 10.0. The molecule has 1 aromatic rings. The van der Waals surface area contributed by atoms with Gasteiger partial charge >= 0.3 is 6.09 Å². The third kappa shape index (κ3) is 6.44. The summed E-state index contributed by atoms with van der Waals surface area (Å²) in [6.07, 6.45) is 0.114. The molecule has 7 heteroatoms. The molecule has 2 N–H and O–H groups in total. The van der Waals surface area contributed by atoms with E-state index in [9.17, 15) is 13.2 Å². The summed E-state index contributed by atoms with van der Waals surface area (Å²) >= 11 is 0. The summed E-state index contributed by atoms with van der Waals surface area (Å²) in [4.78, 5) is 11.7. The average Bonchev–Trinajstić information content (AvgIpc) is 2.45. The smallest absolute Gasteiger partial charge is 0.407 e. The second kappa shape index (κ2) is 8.75. The van der Waals surface area contributed by atoms with Gasteiger partial charge in [0.15, 0.2) is 0 Å². The first-order valence-corrected chi connectivity index (χ1v) is 8.81. The minimum absolute atomic E-state index is 0.119. The van der Waals surface area contributed by atoms with Crippen LogP contribution in [0, 0.1) is 5.92 Å². The Kier molecular flexibility index (Phi) is 7.34. The van der Waals surface area contributed by atoms with Gasteiger partial charge < -0.3 is 10.1 Å². The van der Waals surface area contributed by atoms with Crippen molar-refractivity contribution in [1.29, 1.82) is 0 Å². The van der Waals surface area contributed by atoms with Crippen LogP contribution in [0.4, 0.5) is 4.79 Å². The van der Waals surface area contributed by atoms with Crippen molar-refractivity contribution >= 4 is 16.1 Å². The molecule has 0 heterocycles. The highest BCUT2D eigenvalue weighted by atomic mass is 32.2. The largest absolute Gasteiger partial charge is 0.450 e. The minimum Gasteiger partial charge on any atom is -0.450 e. The number of sulfonamides is 1. The van der Waals surface area contributed by atoms with Crippen LogP contribution in [0.2, 0.25) is 0 Å². The van der Waals surface area contributed by atoms with Crippen LogP contribution >= 0.6 is 0 Å². The van der Waals surface area contributed by atoms with Crippen LogP contribution in [0.1, 0.15) is 27.2 Å². The molecule has 124 valence electrons. The molecular formula is C15H24N2O4S. The monoisotopic (exact) mass is 328 g/mol. The molecule has 22 heavy (non-hydrogen) atoms. The van der Waals surface area contributed by atoms with Gasteiger partial charge in [0.2, 0.25) is 10.0 Å². The summed E-state index contributed by atoms with van der Waals surface area (Å²) in [6, 6.07) is 7.81. The fraction of sp³-hybridized carbons (Fsp3) is 0.533. The molecule has 0 saturated carbocycles. The van der Waals surface area contributed by atoms with Crippen molar-refractivity contribution in [3.8, 4) is 0 Å². The molecule has 0 fully saturated rings. The van der Waals surface area contributed by atoms with Gasteiger partial charge in [0.05, 0.1) is 11.5 Å². The third-order valence-corrected chi connectivity index (χ3v) is 4.37. The Morgan fingerprint density at radius 1 is 1.23 bits per heavy atom. The summed E-state index contributed by atoms with van der Waals surface area (Å²) < 4.78 is 31.7. The minimum atomic E-state index is -3.58. The molecule has 6 nitrogen and oxygen atoms in total. The van der Waals surface area contributed by atoms with Crippen LogP contribution in [0.25, 0.3) is 0 Å². The van der Waals surface area contributed by atoms with Crippen LogP contribution in [0.15, 0.2) is 35.2 Å². The Hall–Kier alpha value is -1.60. The van der Waals surface area contributed by atoms with Crippen LogP contribution < -0.4 is 10.0 Å². The Morgan fingerprint density at radius 3 is 2.41 bits per heavy atom. The quantitative estimate of drug-likeness (QED) is 0.765. The van der Waals surface area contributed by atoms with Crippen molar-refractivity contribution in [3.05, 3.63) is 30.3 Å². The second-order valence-corrected chi connectivity index (χ2v) is 7.12. The van der Waals surface area contributed by atoms with E-state index in [1.807, 2.05) is 13.8 Å². The van der Waals surface area contributed by atoms with E-state index in [4.69, 9.17) is 4.74 Å². The Labute approximate surface area is 132 Å². The first kappa shape index (κ1) is 18.4. The number of benzene rings is 1. The van der Waals surface area contributed by atoms with Gasteiger partial charge in [0.25, 0.3) is 0 Å². The van der Waals surface area contributed by atoms with E-state index in [0.717, 1.165) is 0 Å². The number of carbonyl (C=O) groups is 1. The summed E-state index contributed by atoms with van der Waals surface area (Å²) in [5.41, 5.74) is 0. The van der Waals surface area contributed by atoms with E-state index < -0.39 is 16.1 Å². The zero-order valence-electron chi connectivity index (χ0n) is 13.2. The Morgan fingerprint density at radius 2 is 1.86 bits per heavy atom. The van der Waals surface area contributed by atoms with Gasteiger partial charge in [-0.2, -0.15) is 0 Å². The molecule has 0 radical (unpaired) electrons. The highest BCUT2D eigenvalue weighted by molar-refractivity contribution is 7.89. The average molecular weight is 328 g/mol. The van der Waals surface area contributed by atoms with Gasteiger partial charge in [0.1, 0.15) is 0 Å². The van der Waals surface area contributed by atoms with Crippen molar-refractivity contribution in [2.45, 2.75) is 38.1 Å². The van der Waals surface area contributed by atoms with Crippen molar-refractivity contribution < 1.29 is 17.9 Å². The molecule has 0 aromatic heterocycles. The van der Waals surface area contributed by atoms with Gasteiger partial charge in [-0.05, 0) is 31.4 Å². The van der Waals surface area contributed by atoms with Gasteiger partial charge in [-0.15, -0.1) is 0 Å². The summed E-state index contributed by atoms with van der Waals surface area (Å²) in [5, 5.41) is 2.69. The number of amides is 1. The number of hydrogen-bond acceptors (Lipinski definition) is 4. The molecule has 0 aliphatic heterocycles. The van der Waals surface area contributed by atoms with Gasteiger partial charge in [-0.1, -0.05) is 32.0 Å². The second-order valence-electron chi connectivity index (χ2n) is 5.36. The number of carbonyl (C=O) groups excluding carboxylic acids is 1. The lowest BCUT2D eigenvalue weighted by molar-refractivity contribution is 0.146. The lowest BCUT2D eigenvalue weighted by Gasteiger charge is -2.20. The molecule has 0 spiro atoms. The number of hydrogen-bond donors (Lipinski definition) is 2. The maximum absolute atomic E-state index is 12.2. The summed E-state index contributed by atoms with van der Waals surface area (Å²) in [7, 11) is -3.58. The van der Waals surface area contributed by atoms with Crippen molar-refractivity contribution in [2.24, 2.45) is 5.92 Å². The van der Waals surface area contributed by atoms with E-state index in [1.165, 1.54) is 12.1 Å². The zero-order valence-corrected chi connectivity index (χ0v) is 14.0. The molecule has 1 amide bonds. The summed E-state index contributed by atoms with van der Waals surface area (Å²) in [6.45, 7) is 6.12. The molecular weight excluding hydrogens is 304 g/mol. The Balaban J connectivity index is 2.68. The molecule has 0 aliphatic carbocycles. The van der Waals surface area contributed by atoms with Crippen LogP contribution in [0.5, 0.6) is 0 Å². The maximum atomic E-state index is 12.2. The molecule has 0 saturated heterocycles. The summed E-state index contributed by atoms with van der Waals surface area (Å²) in [5.74, 6) is 0.313. The van der Waals surface area contributed by atoms with Crippen LogP contribution in [-0.4, -0.2) is 33.7 Å². The lowest BCUT2D eigenvalue weighted by Crippen LogP contribution is -2.44. The number of nitrogens with one attached hydrogen (secondary N) is 2. The fourth-order valence-corrected chi connectivity index (χ4v) is 3.10. The topological polar surface area (TPSA) is 84.5 Å². The van der Waals surface area contributed by atoms with E-state index in [1.54, 1.807) is 25.1 Å². The van der Waals surface area contributed by atoms with Gasteiger partial charge in [-0.25, -0.2) is 17.9 Å². The van der Waals surface area contributed by atoms with Crippen molar-refractivity contribution in [3.63, 3.8) is 0 Å². The number of rotatable bonds is 8. The maximum Gasteiger partial charge on any atom is 0.407 e. The van der Waals surface area contributed by atoms with E-state index in [-0.39, 0.29) is 24.1 Å². The van der Waals surface area contributed by atoms with E-state index in [2.05, 4.69) is 10.0 Å². The van der Waals surface area contributed by atoms with Gasteiger partial charge in [-0.3, -0.25) is 0 Å². The molecule has 0 aliphatic rings. The van der Waals surface area contributed by atoms with Crippen molar-refractivity contribution in [1.82, 2.24) is 10.0 Å². The standard InChI is InChI=1S/C15H24N2O4S/c1-4-21-15(18)17-13(10-12(2)3)11-16-22(19,20)14-8-6-5-7-9-14/h5-9,12-13,16H,4,10-11H2,1-3H3,(H,17,18)/t13-/m1/s1. The SMILES string of the molecule is CCOC(=O)N[C@@H](CNS(=O)(=O)c1ccccc1)CC(C)C. The number of ether oxygens (including phenoxy) is 1. The zero-order chi connectivity index (χ0) is 16.6. The highest BCUT2D eigenvalue weighted by Gasteiger charge is 2.19. The highest BCUT2D eigenvalue weighted by Crippen LogP contribution is 2.09. The van der Waals surface area contributed by atoms with Crippen molar-refractivity contribution in [2.75, 3.05) is 13.2 Å². The first-order chi connectivity index (χ1) is 10.3. The molecule has 0 bridgehead atoms. The van der Waals surface area contributed by atoms with Crippen LogP contribution in [0.3, 0.4) is 0 Å². The Bertz CT molecular complexity index is 558. The first-order valence-electron chi connectivity index (χ1n) is 7.33. The molecule has 1 aromatic carbocycles. The number of alkyl carbamates (subject to hydrolysis) is 1. The van der Waals surface area contributed by atoms with Crippen LogP contribution in [-0.2, 0) is 14.8 Å². The normalized spacial score (nSPS) is 12.9. The molecule has 1 atom stereocenters. The predicted molar refractivity (Wildman–Crippen MR) is 85.0 cm³/mol. The fourth-order valence-electron chi connectivity index (χ4n) is 2.00.